The third-order valence-electron chi connectivity index (χ3n) is 14.2. The number of hydrogen-bond acceptors (Lipinski definition) is 6. The fourth-order valence-electron chi connectivity index (χ4n) is 11.3. The second-order valence-corrected chi connectivity index (χ2v) is 17.7. The van der Waals surface area contributed by atoms with Gasteiger partial charge in [0.25, 0.3) is 0 Å². The minimum absolute atomic E-state index is 0.00701. The lowest BCUT2D eigenvalue weighted by Gasteiger charge is -2.34. The number of hydrogen-bond donors (Lipinski definition) is 2. The van der Waals surface area contributed by atoms with Gasteiger partial charge in [0, 0.05) is 52.1 Å². The molecule has 0 bridgehead atoms. The number of allylic oxidation sites excluding steroid dienone is 15. The summed E-state index contributed by atoms with van der Waals surface area (Å²) in [6.45, 7) is 0. The van der Waals surface area contributed by atoms with Crippen molar-refractivity contribution in [3.63, 3.8) is 0 Å². The average Bonchev–Trinajstić information content (AvgIpc) is 4.09. The van der Waals surface area contributed by atoms with Crippen LogP contribution < -0.4 is 10.6 Å². The van der Waals surface area contributed by atoms with E-state index < -0.39 is 0 Å². The first kappa shape index (κ1) is 36.8. The van der Waals surface area contributed by atoms with E-state index in [1.54, 1.807) is 0 Å². The van der Waals surface area contributed by atoms with E-state index in [4.69, 9.17) is 14.7 Å². The Morgan fingerprint density at radius 3 is 2.57 bits per heavy atom. The number of benzene rings is 1. The normalized spacial score (nSPS) is 32.7. The summed E-state index contributed by atoms with van der Waals surface area (Å²) in [5.41, 5.74) is 16.8. The molecule has 0 amide bonds. The van der Waals surface area contributed by atoms with Crippen molar-refractivity contribution in [2.75, 3.05) is 0 Å². The molecule has 6 heteroatoms. The van der Waals surface area contributed by atoms with Crippen LogP contribution in [0.5, 0.6) is 0 Å². The highest BCUT2D eigenvalue weighted by Crippen LogP contribution is 2.53. The highest BCUT2D eigenvalue weighted by atomic mass is 16.5. The van der Waals surface area contributed by atoms with E-state index in [0.717, 1.165) is 73.2 Å². The van der Waals surface area contributed by atoms with Gasteiger partial charge in [-0.15, -0.1) is 5.73 Å². The van der Waals surface area contributed by atoms with Crippen molar-refractivity contribution < 1.29 is 4.74 Å². The molecule has 10 aliphatic rings. The van der Waals surface area contributed by atoms with Gasteiger partial charge in [-0.3, -0.25) is 10.3 Å². The molecule has 0 spiro atoms. The molecule has 2 aromatic rings. The molecule has 6 nitrogen and oxygen atoms in total. The van der Waals surface area contributed by atoms with Crippen molar-refractivity contribution in [1.29, 1.82) is 0 Å². The molecule has 12 rings (SSSR count). The third kappa shape index (κ3) is 6.48. The molecule has 61 heavy (non-hydrogen) atoms. The van der Waals surface area contributed by atoms with Crippen molar-refractivity contribution in [2.24, 2.45) is 22.7 Å². The maximum atomic E-state index is 7.27. The van der Waals surface area contributed by atoms with E-state index >= 15 is 0 Å². The molecule has 1 fully saturated rings. The molecule has 2 N–H and O–H groups in total. The molecule has 4 heterocycles. The molecule has 0 saturated carbocycles. The third-order valence-corrected chi connectivity index (χ3v) is 14.2. The van der Waals surface area contributed by atoms with Gasteiger partial charge in [-0.25, -0.2) is 4.99 Å². The number of fused-ring (bicyclic) bond motifs is 6. The van der Waals surface area contributed by atoms with Gasteiger partial charge in [0.1, 0.15) is 18.2 Å². The van der Waals surface area contributed by atoms with Crippen LogP contribution in [0.15, 0.2) is 202 Å². The maximum Gasteiger partial charge on any atom is 0.134 e. The number of ether oxygens (including phenoxy) is 1. The van der Waals surface area contributed by atoms with Crippen molar-refractivity contribution in [1.82, 2.24) is 20.5 Å². The molecule has 7 aliphatic carbocycles. The van der Waals surface area contributed by atoms with Crippen LogP contribution >= 0.6 is 0 Å². The topological polar surface area (TPSA) is 61.8 Å². The van der Waals surface area contributed by atoms with E-state index in [1.165, 1.54) is 39.2 Å². The van der Waals surface area contributed by atoms with Crippen LogP contribution in [0.3, 0.4) is 0 Å². The Morgan fingerprint density at radius 2 is 1.72 bits per heavy atom. The van der Waals surface area contributed by atoms with Gasteiger partial charge in [-0.2, -0.15) is 0 Å². The van der Waals surface area contributed by atoms with Crippen molar-refractivity contribution in [2.45, 2.75) is 81.4 Å². The van der Waals surface area contributed by atoms with Gasteiger partial charge >= 0.3 is 0 Å². The van der Waals surface area contributed by atoms with E-state index in [-0.39, 0.29) is 48.2 Å². The summed E-state index contributed by atoms with van der Waals surface area (Å²) in [5.74, 6) is 1.90. The highest BCUT2D eigenvalue weighted by Gasteiger charge is 2.51. The van der Waals surface area contributed by atoms with Crippen LogP contribution in [0.2, 0.25) is 0 Å². The van der Waals surface area contributed by atoms with E-state index in [9.17, 15) is 0 Å². The Bertz CT molecular complexity index is 2650. The number of nitrogens with one attached hydrogen (secondary N) is 2. The maximum absolute atomic E-state index is 7.27. The first-order valence-electron chi connectivity index (χ1n) is 22.6. The highest BCUT2D eigenvalue weighted by molar-refractivity contribution is 6.04. The molecule has 3 aliphatic heterocycles. The van der Waals surface area contributed by atoms with Gasteiger partial charge in [0.05, 0.1) is 23.9 Å². The van der Waals surface area contributed by atoms with E-state index in [1.807, 2.05) is 6.08 Å². The lowest BCUT2D eigenvalue weighted by Crippen LogP contribution is -2.52. The van der Waals surface area contributed by atoms with Crippen LogP contribution in [-0.2, 0) is 4.74 Å². The van der Waals surface area contributed by atoms with Crippen LogP contribution in [0, 0.1) is 17.8 Å². The zero-order chi connectivity index (χ0) is 40.3. The van der Waals surface area contributed by atoms with Crippen LogP contribution in [0.25, 0.3) is 5.57 Å². The van der Waals surface area contributed by atoms with Crippen molar-refractivity contribution in [3.8, 4) is 0 Å². The number of rotatable bonds is 7. The van der Waals surface area contributed by atoms with Crippen molar-refractivity contribution >= 4 is 11.4 Å². The lowest BCUT2D eigenvalue weighted by molar-refractivity contribution is 0.0826. The molecule has 1 aromatic heterocycles. The van der Waals surface area contributed by atoms with Crippen LogP contribution in [0.4, 0.5) is 0 Å². The molecule has 0 radical (unpaired) electrons. The summed E-state index contributed by atoms with van der Waals surface area (Å²) in [7, 11) is 0. The second-order valence-electron chi connectivity index (χ2n) is 17.7. The van der Waals surface area contributed by atoms with E-state index in [0.29, 0.717) is 6.04 Å². The van der Waals surface area contributed by atoms with Crippen LogP contribution in [-0.4, -0.2) is 40.1 Å². The Hall–Kier alpha value is -6.04. The number of aliphatic imine (C=N–C) groups is 1. The SMILES string of the molecule is C1=CC=CC=1C1C=CCCC1c1cnc(C2=CC3OC4C5=C(C=CC4C3C=C2)N(C2=CCCC=C2)[C@H]2CC=CC=C52)c(C2=NC(c3ccccc3)NC(C3=CCCC=C3)N2)c1. The number of aromatic nitrogens is 1. The number of nitrogens with zero attached hydrogens (tertiary/aromatic N) is 3. The predicted octanol–water partition coefficient (Wildman–Crippen LogP) is 10.6. The minimum atomic E-state index is -0.228. The summed E-state index contributed by atoms with van der Waals surface area (Å²) in [5, 5.41) is 7.73. The van der Waals surface area contributed by atoms with Crippen molar-refractivity contribution in [3.05, 3.63) is 220 Å². The fraction of sp³-hybridized carbons (Fsp3) is 0.291. The summed E-state index contributed by atoms with van der Waals surface area (Å²) in [6.07, 6.45) is 53.0. The standard InChI is InChI=1S/C55H51N5O/c1-4-18-36(19-5-1)53-57-54(37-20-6-2-7-21-37)59-55(58-53)46-32-39(42-25-13-12-24-41(42)35-16-10-11-17-35)34-56-51(46)38-28-29-43-44-30-31-48-50(52(44)61-49(43)33-38)45-26-14-15-27-47(45)60(48)40-22-8-3-9-23-40/h1,4-6,8,10-12,14-16,18-24,26,28-34,41-44,47,49,52-54,57H,2-3,7,9,13,25,27H2,(H,58,59)/t41?,42?,43?,44?,47-,49?,52?,53?,54?/m0/s1. The molecular formula is C55H51N5O. The van der Waals surface area contributed by atoms with Gasteiger partial charge < -0.3 is 15.0 Å². The van der Waals surface area contributed by atoms with Crippen LogP contribution in [0.1, 0.15) is 79.4 Å². The fourth-order valence-corrected chi connectivity index (χ4v) is 11.3. The Morgan fingerprint density at radius 1 is 0.820 bits per heavy atom. The predicted molar refractivity (Wildman–Crippen MR) is 245 cm³/mol. The largest absolute Gasteiger partial charge is 0.365 e. The molecule has 302 valence electrons. The molecule has 9 atom stereocenters. The first-order valence-corrected chi connectivity index (χ1v) is 22.6. The molecule has 1 saturated heterocycles. The monoisotopic (exact) mass is 797 g/mol. The Balaban J connectivity index is 0.941. The minimum Gasteiger partial charge on any atom is -0.365 e. The smallest absolute Gasteiger partial charge is 0.134 e. The molecular weight excluding hydrogens is 747 g/mol. The molecule has 8 unspecified atom stereocenters. The first-order chi connectivity index (χ1) is 30.2. The Kier molecular flexibility index (Phi) is 9.32. The lowest BCUT2D eigenvalue weighted by atomic mass is 9.75. The average molecular weight is 798 g/mol. The van der Waals surface area contributed by atoms with Gasteiger partial charge in [-0.05, 0) is 109 Å². The Labute approximate surface area is 359 Å². The van der Waals surface area contributed by atoms with E-state index in [2.05, 4.69) is 173 Å². The van der Waals surface area contributed by atoms with Gasteiger partial charge in [0.2, 0.25) is 0 Å². The van der Waals surface area contributed by atoms with Gasteiger partial charge in [0.15, 0.2) is 0 Å². The second kappa shape index (κ2) is 15.5. The summed E-state index contributed by atoms with van der Waals surface area (Å²) in [4.78, 5) is 13.5. The molecule has 1 aromatic carbocycles. The van der Waals surface area contributed by atoms with Gasteiger partial charge in [-0.1, -0.05) is 121 Å². The summed E-state index contributed by atoms with van der Waals surface area (Å²) < 4.78 is 7.27. The number of amidine groups is 1. The quantitative estimate of drug-likeness (QED) is 0.216. The summed E-state index contributed by atoms with van der Waals surface area (Å²) >= 11 is 0. The summed E-state index contributed by atoms with van der Waals surface area (Å²) in [6, 6.07) is 13.3. The zero-order valence-corrected chi connectivity index (χ0v) is 34.4. The zero-order valence-electron chi connectivity index (χ0n) is 34.4. The number of pyridine rings is 1.